The van der Waals surface area contributed by atoms with Crippen molar-refractivity contribution in [2.24, 2.45) is 5.10 Å². The Balaban J connectivity index is 1.62. The predicted molar refractivity (Wildman–Crippen MR) is 129 cm³/mol. The summed E-state index contributed by atoms with van der Waals surface area (Å²) in [6.45, 7) is 2.66. The van der Waals surface area contributed by atoms with E-state index < -0.39 is 0 Å². The number of nitrogens with zero attached hydrogens (tertiary/aromatic N) is 4. The molecule has 0 bridgehead atoms. The van der Waals surface area contributed by atoms with Crippen molar-refractivity contribution < 1.29 is 19.0 Å². The smallest absolute Gasteiger partial charge is 0.250 e. The number of methoxy groups -OCH3 is 3. The number of aromatic nitrogens is 3. The van der Waals surface area contributed by atoms with Crippen LogP contribution in [0.1, 0.15) is 12.5 Å². The number of carbonyl (C=O) groups is 1. The van der Waals surface area contributed by atoms with Crippen LogP contribution in [-0.4, -0.2) is 54.0 Å². The van der Waals surface area contributed by atoms with E-state index in [9.17, 15) is 4.79 Å². The maximum absolute atomic E-state index is 12.3. The topological polar surface area (TPSA) is 99.9 Å². The predicted octanol–water partition coefficient (Wildman–Crippen LogP) is 3.89. The van der Waals surface area contributed by atoms with E-state index in [4.69, 9.17) is 25.8 Å². The molecule has 0 aliphatic carbocycles. The maximum atomic E-state index is 12.3. The molecular formula is C22H24ClN5O4S. The molecule has 174 valence electrons. The van der Waals surface area contributed by atoms with Crippen molar-refractivity contribution in [3.05, 3.63) is 47.0 Å². The number of benzene rings is 2. The second-order valence-corrected chi connectivity index (χ2v) is 7.98. The SMILES string of the molecule is CCn1c(SCC(=O)NN=Cc2cc(OC)c(OC)c(OC)c2)nnc1-c1ccc(Cl)cc1. The molecule has 0 fully saturated rings. The van der Waals surface area contributed by atoms with E-state index in [0.29, 0.717) is 39.5 Å². The molecule has 0 radical (unpaired) electrons. The van der Waals surface area contributed by atoms with E-state index >= 15 is 0 Å². The lowest BCUT2D eigenvalue weighted by atomic mass is 10.2. The van der Waals surface area contributed by atoms with Crippen molar-refractivity contribution in [2.75, 3.05) is 27.1 Å². The van der Waals surface area contributed by atoms with Gasteiger partial charge in [0.25, 0.3) is 5.91 Å². The molecule has 0 aliphatic rings. The lowest BCUT2D eigenvalue weighted by Crippen LogP contribution is -2.20. The number of nitrogens with one attached hydrogen (secondary N) is 1. The molecule has 3 aromatic rings. The number of thioether (sulfide) groups is 1. The van der Waals surface area contributed by atoms with Gasteiger partial charge in [-0.3, -0.25) is 4.79 Å². The summed E-state index contributed by atoms with van der Waals surface area (Å²) in [6, 6.07) is 10.8. The largest absolute Gasteiger partial charge is 0.493 e. The summed E-state index contributed by atoms with van der Waals surface area (Å²) >= 11 is 7.25. The van der Waals surface area contributed by atoms with E-state index in [1.807, 2.05) is 23.6 Å². The zero-order chi connectivity index (χ0) is 23.8. The first-order chi connectivity index (χ1) is 16.0. The van der Waals surface area contributed by atoms with E-state index in [1.165, 1.54) is 39.3 Å². The molecule has 33 heavy (non-hydrogen) atoms. The van der Waals surface area contributed by atoms with Crippen LogP contribution >= 0.6 is 23.4 Å². The first-order valence-electron chi connectivity index (χ1n) is 9.94. The van der Waals surface area contributed by atoms with Crippen molar-refractivity contribution in [1.82, 2.24) is 20.2 Å². The van der Waals surface area contributed by atoms with Gasteiger partial charge in [-0.25, -0.2) is 5.43 Å². The summed E-state index contributed by atoms with van der Waals surface area (Å²) in [5, 5.41) is 13.8. The summed E-state index contributed by atoms with van der Waals surface area (Å²) in [5.74, 6) is 2.05. The molecule has 9 nitrogen and oxygen atoms in total. The van der Waals surface area contributed by atoms with Crippen LogP contribution in [-0.2, 0) is 11.3 Å². The van der Waals surface area contributed by atoms with E-state index in [1.54, 1.807) is 24.3 Å². The Morgan fingerprint density at radius 1 is 1.12 bits per heavy atom. The van der Waals surface area contributed by atoms with Gasteiger partial charge >= 0.3 is 0 Å². The highest BCUT2D eigenvalue weighted by molar-refractivity contribution is 7.99. The Hall–Kier alpha value is -3.24. The number of ether oxygens (including phenoxy) is 3. The lowest BCUT2D eigenvalue weighted by molar-refractivity contribution is -0.118. The van der Waals surface area contributed by atoms with E-state index in [-0.39, 0.29) is 11.7 Å². The number of hydrazone groups is 1. The molecule has 1 aromatic heterocycles. The zero-order valence-electron chi connectivity index (χ0n) is 18.7. The molecule has 1 N–H and O–H groups in total. The number of halogens is 1. The van der Waals surface area contributed by atoms with Crippen LogP contribution in [0.2, 0.25) is 5.02 Å². The third-order valence-electron chi connectivity index (χ3n) is 4.56. The minimum Gasteiger partial charge on any atom is -0.493 e. The molecule has 1 amide bonds. The van der Waals surface area contributed by atoms with Gasteiger partial charge in [-0.15, -0.1) is 10.2 Å². The summed E-state index contributed by atoms with van der Waals surface area (Å²) in [5.41, 5.74) is 4.09. The standard InChI is InChI=1S/C22H24ClN5O4S/c1-5-28-21(15-6-8-16(23)9-7-15)26-27-22(28)33-13-19(29)25-24-12-14-10-17(30-2)20(32-4)18(11-14)31-3/h6-12H,5,13H2,1-4H3,(H,25,29). The molecule has 0 spiro atoms. The van der Waals surface area contributed by atoms with Gasteiger partial charge in [0.15, 0.2) is 22.5 Å². The van der Waals surface area contributed by atoms with Gasteiger partial charge in [-0.1, -0.05) is 23.4 Å². The highest BCUT2D eigenvalue weighted by atomic mass is 35.5. The molecule has 11 heteroatoms. The average molecular weight is 490 g/mol. The molecule has 0 aliphatic heterocycles. The van der Waals surface area contributed by atoms with Gasteiger partial charge in [0, 0.05) is 22.7 Å². The van der Waals surface area contributed by atoms with E-state index in [2.05, 4.69) is 20.7 Å². The highest BCUT2D eigenvalue weighted by Gasteiger charge is 2.15. The first kappa shape index (κ1) is 24.4. The van der Waals surface area contributed by atoms with Crippen LogP contribution in [0, 0.1) is 0 Å². The van der Waals surface area contributed by atoms with Gasteiger partial charge in [-0.2, -0.15) is 5.10 Å². The van der Waals surface area contributed by atoms with E-state index in [0.717, 1.165) is 11.4 Å². The molecule has 0 unspecified atom stereocenters. The lowest BCUT2D eigenvalue weighted by Gasteiger charge is -2.12. The molecule has 0 saturated carbocycles. The normalized spacial score (nSPS) is 10.9. The number of hydrogen-bond acceptors (Lipinski definition) is 8. The summed E-state index contributed by atoms with van der Waals surface area (Å²) in [6.07, 6.45) is 1.50. The minimum absolute atomic E-state index is 0.130. The summed E-state index contributed by atoms with van der Waals surface area (Å²) < 4.78 is 17.9. The van der Waals surface area contributed by atoms with Crippen LogP contribution in [0.3, 0.4) is 0 Å². The number of rotatable bonds is 10. The van der Waals surface area contributed by atoms with Crippen LogP contribution in [0.15, 0.2) is 46.7 Å². The quantitative estimate of drug-likeness (QED) is 0.262. The molecule has 0 atom stereocenters. The van der Waals surface area contributed by atoms with Gasteiger partial charge < -0.3 is 18.8 Å². The summed E-state index contributed by atoms with van der Waals surface area (Å²) in [7, 11) is 4.60. The van der Waals surface area contributed by atoms with Gasteiger partial charge in [-0.05, 0) is 43.3 Å². The molecule has 3 rings (SSSR count). The monoisotopic (exact) mass is 489 g/mol. The Labute approximate surface area is 201 Å². The molecule has 0 saturated heterocycles. The second kappa shape index (κ2) is 11.6. The summed E-state index contributed by atoms with van der Waals surface area (Å²) in [4.78, 5) is 12.3. The Bertz CT molecular complexity index is 1110. The third-order valence-corrected chi connectivity index (χ3v) is 5.78. The fourth-order valence-electron chi connectivity index (χ4n) is 3.01. The third kappa shape index (κ3) is 5.96. The van der Waals surface area contributed by atoms with Gasteiger partial charge in [0.2, 0.25) is 5.75 Å². The number of amides is 1. The zero-order valence-corrected chi connectivity index (χ0v) is 20.2. The first-order valence-corrected chi connectivity index (χ1v) is 11.3. The average Bonchev–Trinajstić information content (AvgIpc) is 3.25. The number of carbonyl (C=O) groups excluding carboxylic acids is 1. The Morgan fingerprint density at radius 2 is 1.79 bits per heavy atom. The van der Waals surface area contributed by atoms with Crippen LogP contribution in [0.25, 0.3) is 11.4 Å². The minimum atomic E-state index is -0.276. The van der Waals surface area contributed by atoms with Crippen molar-refractivity contribution >= 4 is 35.5 Å². The Kier molecular flexibility index (Phi) is 8.56. The maximum Gasteiger partial charge on any atom is 0.250 e. The van der Waals surface area contributed by atoms with Crippen molar-refractivity contribution in [1.29, 1.82) is 0 Å². The van der Waals surface area contributed by atoms with Gasteiger partial charge in [0.1, 0.15) is 0 Å². The van der Waals surface area contributed by atoms with Crippen LogP contribution in [0.5, 0.6) is 17.2 Å². The molecule has 1 heterocycles. The molecule has 2 aromatic carbocycles. The van der Waals surface area contributed by atoms with Crippen molar-refractivity contribution in [2.45, 2.75) is 18.6 Å². The Morgan fingerprint density at radius 3 is 2.36 bits per heavy atom. The fourth-order valence-corrected chi connectivity index (χ4v) is 3.93. The number of hydrogen-bond donors (Lipinski definition) is 1. The molecular weight excluding hydrogens is 466 g/mol. The fraction of sp³-hybridized carbons (Fsp3) is 0.273. The second-order valence-electron chi connectivity index (χ2n) is 6.60. The highest BCUT2D eigenvalue weighted by Crippen LogP contribution is 2.37. The van der Waals surface area contributed by atoms with Crippen molar-refractivity contribution in [3.63, 3.8) is 0 Å². The van der Waals surface area contributed by atoms with Crippen molar-refractivity contribution in [3.8, 4) is 28.6 Å². The van der Waals surface area contributed by atoms with Crippen LogP contribution < -0.4 is 19.6 Å². The van der Waals surface area contributed by atoms with Crippen LogP contribution in [0.4, 0.5) is 0 Å². The van der Waals surface area contributed by atoms with Gasteiger partial charge in [0.05, 0.1) is 33.3 Å².